The summed E-state index contributed by atoms with van der Waals surface area (Å²) in [5, 5.41) is 1.19. The summed E-state index contributed by atoms with van der Waals surface area (Å²) in [6.07, 6.45) is 3.53. The summed E-state index contributed by atoms with van der Waals surface area (Å²) >= 11 is 12.0. The van der Waals surface area contributed by atoms with Crippen molar-refractivity contribution in [3.63, 3.8) is 0 Å². The van der Waals surface area contributed by atoms with Crippen molar-refractivity contribution in [3.8, 4) is 0 Å². The molecule has 0 saturated heterocycles. The lowest BCUT2D eigenvalue weighted by Gasteiger charge is -2.07. The maximum Gasteiger partial charge on any atom is 0.266 e. The first-order chi connectivity index (χ1) is 6.25. The van der Waals surface area contributed by atoms with Crippen LogP contribution in [0.1, 0.15) is 25.3 Å². The maximum atomic E-state index is 5.99. The van der Waals surface area contributed by atoms with Crippen LogP contribution >= 0.6 is 22.2 Å². The molecule has 0 saturated carbocycles. The fourth-order valence-electron chi connectivity index (χ4n) is 1.34. The van der Waals surface area contributed by atoms with Crippen molar-refractivity contribution in [2.75, 3.05) is 0 Å². The predicted molar refractivity (Wildman–Crippen MR) is 63.5 cm³/mol. The van der Waals surface area contributed by atoms with Crippen molar-refractivity contribution < 1.29 is 0 Å². The van der Waals surface area contributed by atoms with Gasteiger partial charge in [-0.3, -0.25) is 0 Å². The molecule has 1 aromatic carbocycles. The van der Waals surface area contributed by atoms with Gasteiger partial charge in [-0.1, -0.05) is 37.6 Å². The molecule has 3 heteroatoms. The first kappa shape index (κ1) is 11.1. The van der Waals surface area contributed by atoms with Crippen molar-refractivity contribution in [1.82, 2.24) is 0 Å². The zero-order valence-corrected chi connectivity index (χ0v) is 10.4. The molecule has 0 aromatic heterocycles. The number of benzene rings is 1. The van der Waals surface area contributed by atoms with Gasteiger partial charge in [-0.15, -0.1) is 22.2 Å². The Morgan fingerprint density at radius 1 is 1.23 bits per heavy atom. The van der Waals surface area contributed by atoms with E-state index in [1.807, 2.05) is 6.07 Å². The molecule has 0 fully saturated rings. The van der Waals surface area contributed by atoms with Crippen LogP contribution in [0, 0.1) is 0 Å². The van der Waals surface area contributed by atoms with Crippen molar-refractivity contribution in [2.45, 2.75) is 26.2 Å². The van der Waals surface area contributed by atoms with Crippen LogP contribution in [0.2, 0.25) is 0 Å². The molecule has 0 radical (unpaired) electrons. The molecule has 0 nitrogen and oxygen atoms in total. The lowest BCUT2D eigenvalue weighted by Crippen LogP contribution is -2.22. The normalized spacial score (nSPS) is 10.8. The van der Waals surface area contributed by atoms with Gasteiger partial charge < -0.3 is 0 Å². The predicted octanol–water partition coefficient (Wildman–Crippen LogP) is 2.93. The van der Waals surface area contributed by atoms with Gasteiger partial charge in [0.25, 0.3) is 7.42 Å². The third-order valence-corrected chi connectivity index (χ3v) is 4.53. The second-order valence-electron chi connectivity index (χ2n) is 3.10. The molecule has 0 heterocycles. The summed E-state index contributed by atoms with van der Waals surface area (Å²) in [5.74, 6) is 0. The van der Waals surface area contributed by atoms with Crippen LogP contribution in [0.4, 0.5) is 0 Å². The molecule has 13 heavy (non-hydrogen) atoms. The smallest absolute Gasteiger partial charge is 0.144 e. The van der Waals surface area contributed by atoms with Crippen molar-refractivity contribution in [2.24, 2.45) is 0 Å². The Hall–Kier alpha value is 0.0169. The average Bonchev–Trinajstić information content (AvgIpc) is 2.15. The zero-order valence-electron chi connectivity index (χ0n) is 7.76. The van der Waals surface area contributed by atoms with Crippen LogP contribution in [0.25, 0.3) is 0 Å². The van der Waals surface area contributed by atoms with E-state index in [9.17, 15) is 0 Å². The molecular formula is C10H14Cl2Si. The molecule has 0 aliphatic heterocycles. The summed E-state index contributed by atoms with van der Waals surface area (Å²) in [4.78, 5) is 0. The fourth-order valence-corrected chi connectivity index (χ4v) is 3.40. The van der Waals surface area contributed by atoms with Crippen molar-refractivity contribution >= 4 is 34.8 Å². The Kier molecular flexibility index (Phi) is 4.85. The Labute approximate surface area is 90.9 Å². The second-order valence-corrected chi connectivity index (χ2v) is 7.62. The molecule has 0 amide bonds. The van der Waals surface area contributed by atoms with Crippen LogP contribution in [0.5, 0.6) is 0 Å². The van der Waals surface area contributed by atoms with Gasteiger partial charge in [0.05, 0.1) is 0 Å². The average molecular weight is 233 g/mol. The first-order valence-electron chi connectivity index (χ1n) is 4.61. The minimum Gasteiger partial charge on any atom is -0.144 e. The molecule has 72 valence electrons. The van der Waals surface area contributed by atoms with Gasteiger partial charge in [0.2, 0.25) is 0 Å². The lowest BCUT2D eigenvalue weighted by molar-refractivity contribution is 0.798. The molecule has 0 aliphatic carbocycles. The number of rotatable bonds is 4. The van der Waals surface area contributed by atoms with E-state index < -0.39 is 7.42 Å². The first-order valence-corrected chi connectivity index (χ1v) is 8.68. The summed E-state index contributed by atoms with van der Waals surface area (Å²) in [7, 11) is -1.67. The van der Waals surface area contributed by atoms with Gasteiger partial charge in [0.1, 0.15) is 0 Å². The Bertz CT molecular complexity index is 261. The number of unbranched alkanes of at least 4 members (excludes halogenated alkanes) is 1. The van der Waals surface area contributed by atoms with Gasteiger partial charge in [0.15, 0.2) is 0 Å². The molecule has 0 N–H and O–H groups in total. The molecule has 1 aromatic rings. The highest BCUT2D eigenvalue weighted by Gasteiger charge is 2.10. The number of hydrogen-bond acceptors (Lipinski definition) is 0. The topological polar surface area (TPSA) is 0 Å². The number of aryl methyl sites for hydroxylation is 1. The molecule has 0 atom stereocenters. The quantitative estimate of drug-likeness (QED) is 0.554. The Morgan fingerprint density at radius 3 is 2.54 bits per heavy atom. The molecule has 0 unspecified atom stereocenters. The van der Waals surface area contributed by atoms with Crippen LogP contribution in [-0.4, -0.2) is 7.42 Å². The maximum absolute atomic E-state index is 5.99. The van der Waals surface area contributed by atoms with Crippen LogP contribution < -0.4 is 5.19 Å². The lowest BCUT2D eigenvalue weighted by atomic mass is 10.1. The van der Waals surface area contributed by atoms with Crippen molar-refractivity contribution in [3.05, 3.63) is 29.8 Å². The molecule has 1 rings (SSSR count). The van der Waals surface area contributed by atoms with Gasteiger partial charge in [-0.25, -0.2) is 0 Å². The molecule has 0 bridgehead atoms. The van der Waals surface area contributed by atoms with E-state index in [2.05, 4.69) is 25.1 Å². The number of hydrogen-bond donors (Lipinski definition) is 0. The van der Waals surface area contributed by atoms with Gasteiger partial charge in [0, 0.05) is 0 Å². The van der Waals surface area contributed by atoms with E-state index in [0.717, 1.165) is 6.42 Å². The summed E-state index contributed by atoms with van der Waals surface area (Å²) in [5.41, 5.74) is 1.34. The third-order valence-electron chi connectivity index (χ3n) is 2.09. The SMILES string of the molecule is CCCCc1ccccc1[SiH](Cl)Cl. The van der Waals surface area contributed by atoms with Crippen LogP contribution in [0.3, 0.4) is 0 Å². The van der Waals surface area contributed by atoms with Crippen LogP contribution in [0.15, 0.2) is 24.3 Å². The van der Waals surface area contributed by atoms with E-state index in [1.54, 1.807) is 0 Å². The third kappa shape index (κ3) is 3.33. The highest BCUT2D eigenvalue weighted by molar-refractivity contribution is 7.39. The van der Waals surface area contributed by atoms with Crippen LogP contribution in [-0.2, 0) is 6.42 Å². The Balaban J connectivity index is 2.78. The zero-order chi connectivity index (χ0) is 9.68. The van der Waals surface area contributed by atoms with E-state index >= 15 is 0 Å². The molecule has 0 aliphatic rings. The van der Waals surface area contributed by atoms with E-state index in [1.165, 1.54) is 23.6 Å². The van der Waals surface area contributed by atoms with Gasteiger partial charge in [-0.2, -0.15) is 0 Å². The fraction of sp³-hybridized carbons (Fsp3) is 0.400. The van der Waals surface area contributed by atoms with E-state index in [4.69, 9.17) is 22.2 Å². The Morgan fingerprint density at radius 2 is 1.92 bits per heavy atom. The van der Waals surface area contributed by atoms with E-state index in [-0.39, 0.29) is 0 Å². The van der Waals surface area contributed by atoms with Gasteiger partial charge in [-0.05, 0) is 23.6 Å². The monoisotopic (exact) mass is 232 g/mol. The highest BCUT2D eigenvalue weighted by atomic mass is 35.7. The minimum absolute atomic E-state index is 1.11. The van der Waals surface area contributed by atoms with Crippen molar-refractivity contribution in [1.29, 1.82) is 0 Å². The summed E-state index contributed by atoms with van der Waals surface area (Å²) < 4.78 is 0. The molecule has 0 spiro atoms. The summed E-state index contributed by atoms with van der Waals surface area (Å²) in [6, 6.07) is 8.26. The number of halogens is 2. The second kappa shape index (κ2) is 5.69. The highest BCUT2D eigenvalue weighted by Crippen LogP contribution is 2.07. The molecular weight excluding hydrogens is 219 g/mol. The standard InChI is InChI=1S/C10H14Cl2Si/c1-2-3-6-9-7-4-5-8-10(9)13(11)12/h4-5,7-8,13H,2-3,6H2,1H3. The minimum atomic E-state index is -1.67. The largest absolute Gasteiger partial charge is 0.266 e. The van der Waals surface area contributed by atoms with E-state index in [0.29, 0.717) is 0 Å². The summed E-state index contributed by atoms with van der Waals surface area (Å²) in [6.45, 7) is 2.19. The van der Waals surface area contributed by atoms with Gasteiger partial charge >= 0.3 is 0 Å².